The lowest BCUT2D eigenvalue weighted by molar-refractivity contribution is 0.124. The quantitative estimate of drug-likeness (QED) is 0.713. The maximum absolute atomic E-state index is 5.19. The zero-order valence-electron chi connectivity index (χ0n) is 10.7. The number of hydrogen-bond acceptors (Lipinski definition) is 2. The van der Waals surface area contributed by atoms with Crippen LogP contribution in [0.1, 0.15) is 41.0 Å². The van der Waals surface area contributed by atoms with Crippen LogP contribution >= 0.6 is 0 Å². The summed E-state index contributed by atoms with van der Waals surface area (Å²) < 4.78 is 5.19. The van der Waals surface area contributed by atoms with Crippen molar-refractivity contribution in [1.29, 1.82) is 0 Å². The van der Waals surface area contributed by atoms with Crippen molar-refractivity contribution in [1.82, 2.24) is 5.32 Å². The standard InChI is InChI=1S/C12H27NO/c1-7-11(10(2)9-14-6)8-13-12(3,4)5/h10-11,13H,7-9H2,1-6H3. The van der Waals surface area contributed by atoms with E-state index in [1.165, 1.54) is 6.42 Å². The summed E-state index contributed by atoms with van der Waals surface area (Å²) in [6.07, 6.45) is 1.22. The highest BCUT2D eigenvalue weighted by Crippen LogP contribution is 2.16. The van der Waals surface area contributed by atoms with Gasteiger partial charge in [0, 0.05) is 19.3 Å². The second-order valence-electron chi connectivity index (χ2n) is 5.23. The van der Waals surface area contributed by atoms with Gasteiger partial charge in [-0.2, -0.15) is 0 Å². The van der Waals surface area contributed by atoms with E-state index in [0.29, 0.717) is 11.8 Å². The van der Waals surface area contributed by atoms with E-state index < -0.39 is 0 Å². The van der Waals surface area contributed by atoms with Crippen LogP contribution < -0.4 is 5.32 Å². The van der Waals surface area contributed by atoms with E-state index in [9.17, 15) is 0 Å². The van der Waals surface area contributed by atoms with E-state index >= 15 is 0 Å². The number of nitrogens with one attached hydrogen (secondary N) is 1. The summed E-state index contributed by atoms with van der Waals surface area (Å²) in [5.41, 5.74) is 0.222. The Morgan fingerprint density at radius 2 is 1.86 bits per heavy atom. The largest absolute Gasteiger partial charge is 0.384 e. The predicted molar refractivity (Wildman–Crippen MR) is 62.6 cm³/mol. The molecule has 86 valence electrons. The Kier molecular flexibility index (Phi) is 6.38. The van der Waals surface area contributed by atoms with Crippen molar-refractivity contribution in [2.75, 3.05) is 20.3 Å². The molecule has 0 amide bonds. The fourth-order valence-electron chi connectivity index (χ4n) is 1.58. The van der Waals surface area contributed by atoms with Crippen LogP contribution in [0, 0.1) is 11.8 Å². The van der Waals surface area contributed by atoms with Gasteiger partial charge in [-0.05, 0) is 39.2 Å². The summed E-state index contributed by atoms with van der Waals surface area (Å²) in [6.45, 7) is 13.1. The van der Waals surface area contributed by atoms with Gasteiger partial charge in [0.1, 0.15) is 0 Å². The first-order valence-electron chi connectivity index (χ1n) is 5.64. The van der Waals surface area contributed by atoms with Gasteiger partial charge in [0.25, 0.3) is 0 Å². The molecule has 2 heteroatoms. The average Bonchev–Trinajstić information content (AvgIpc) is 2.03. The van der Waals surface area contributed by atoms with E-state index in [2.05, 4.69) is 39.9 Å². The Labute approximate surface area is 89.4 Å². The van der Waals surface area contributed by atoms with Gasteiger partial charge in [0.05, 0.1) is 0 Å². The second-order valence-corrected chi connectivity index (χ2v) is 5.23. The molecule has 2 nitrogen and oxygen atoms in total. The van der Waals surface area contributed by atoms with Gasteiger partial charge in [0.15, 0.2) is 0 Å². The maximum Gasteiger partial charge on any atom is 0.0490 e. The topological polar surface area (TPSA) is 21.3 Å². The first-order chi connectivity index (χ1) is 6.40. The summed E-state index contributed by atoms with van der Waals surface area (Å²) in [4.78, 5) is 0. The summed E-state index contributed by atoms with van der Waals surface area (Å²) in [6, 6.07) is 0. The predicted octanol–water partition coefficient (Wildman–Crippen LogP) is 2.68. The van der Waals surface area contributed by atoms with Crippen molar-refractivity contribution >= 4 is 0 Å². The molecule has 0 rings (SSSR count). The molecule has 0 bridgehead atoms. The molecule has 0 aliphatic carbocycles. The molecule has 0 saturated carbocycles. The van der Waals surface area contributed by atoms with Crippen molar-refractivity contribution in [2.45, 2.75) is 46.6 Å². The Hall–Kier alpha value is -0.0800. The van der Waals surface area contributed by atoms with Gasteiger partial charge in [-0.1, -0.05) is 20.3 Å². The summed E-state index contributed by atoms with van der Waals surface area (Å²) >= 11 is 0. The molecule has 0 aliphatic rings. The van der Waals surface area contributed by atoms with Gasteiger partial charge in [-0.3, -0.25) is 0 Å². The third-order valence-electron chi connectivity index (χ3n) is 2.65. The molecule has 2 unspecified atom stereocenters. The highest BCUT2D eigenvalue weighted by Gasteiger charge is 2.18. The van der Waals surface area contributed by atoms with Crippen molar-refractivity contribution in [2.24, 2.45) is 11.8 Å². The van der Waals surface area contributed by atoms with Crippen LogP contribution in [-0.2, 0) is 4.74 Å². The molecule has 0 heterocycles. The van der Waals surface area contributed by atoms with Crippen LogP contribution in [0.2, 0.25) is 0 Å². The van der Waals surface area contributed by atoms with Crippen LogP contribution in [0.25, 0.3) is 0 Å². The molecule has 0 aliphatic heterocycles. The van der Waals surface area contributed by atoms with E-state index in [-0.39, 0.29) is 5.54 Å². The Bertz CT molecular complexity index is 140. The zero-order valence-corrected chi connectivity index (χ0v) is 10.7. The van der Waals surface area contributed by atoms with Gasteiger partial charge < -0.3 is 10.1 Å². The lowest BCUT2D eigenvalue weighted by Crippen LogP contribution is -2.40. The van der Waals surface area contributed by atoms with Crippen molar-refractivity contribution in [3.8, 4) is 0 Å². The van der Waals surface area contributed by atoms with Crippen molar-refractivity contribution < 1.29 is 4.74 Å². The number of methoxy groups -OCH3 is 1. The SMILES string of the molecule is CCC(CNC(C)(C)C)C(C)COC. The second kappa shape index (κ2) is 6.41. The van der Waals surface area contributed by atoms with E-state index in [1.54, 1.807) is 7.11 Å². The van der Waals surface area contributed by atoms with Crippen LogP contribution in [-0.4, -0.2) is 25.8 Å². The van der Waals surface area contributed by atoms with Crippen LogP contribution in [0.3, 0.4) is 0 Å². The smallest absolute Gasteiger partial charge is 0.0490 e. The average molecular weight is 201 g/mol. The Balaban J connectivity index is 3.90. The fourth-order valence-corrected chi connectivity index (χ4v) is 1.58. The molecule has 14 heavy (non-hydrogen) atoms. The minimum absolute atomic E-state index is 0.222. The molecule has 1 N–H and O–H groups in total. The highest BCUT2D eigenvalue weighted by atomic mass is 16.5. The summed E-state index contributed by atoms with van der Waals surface area (Å²) in [7, 11) is 1.78. The highest BCUT2D eigenvalue weighted by molar-refractivity contribution is 4.75. The fraction of sp³-hybridized carbons (Fsp3) is 1.00. The van der Waals surface area contributed by atoms with Crippen LogP contribution in [0.15, 0.2) is 0 Å². The minimum Gasteiger partial charge on any atom is -0.384 e. The van der Waals surface area contributed by atoms with E-state index in [0.717, 1.165) is 13.2 Å². The molecule has 0 saturated heterocycles. The molecular weight excluding hydrogens is 174 g/mol. The van der Waals surface area contributed by atoms with E-state index in [1.807, 2.05) is 0 Å². The summed E-state index contributed by atoms with van der Waals surface area (Å²) in [5.74, 6) is 1.36. The number of rotatable bonds is 6. The van der Waals surface area contributed by atoms with Gasteiger partial charge in [-0.25, -0.2) is 0 Å². The molecule has 0 fully saturated rings. The minimum atomic E-state index is 0.222. The summed E-state index contributed by atoms with van der Waals surface area (Å²) in [5, 5.41) is 3.56. The third-order valence-corrected chi connectivity index (χ3v) is 2.65. The van der Waals surface area contributed by atoms with Gasteiger partial charge >= 0.3 is 0 Å². The number of hydrogen-bond donors (Lipinski definition) is 1. The van der Waals surface area contributed by atoms with E-state index in [4.69, 9.17) is 4.74 Å². The lowest BCUT2D eigenvalue weighted by Gasteiger charge is -2.28. The van der Waals surface area contributed by atoms with Crippen LogP contribution in [0.5, 0.6) is 0 Å². The molecule has 0 spiro atoms. The third kappa shape index (κ3) is 6.39. The maximum atomic E-state index is 5.19. The molecule has 0 aromatic heterocycles. The zero-order chi connectivity index (χ0) is 11.2. The molecule has 2 atom stereocenters. The molecule has 0 aromatic rings. The van der Waals surface area contributed by atoms with Gasteiger partial charge in [0.2, 0.25) is 0 Å². The first-order valence-corrected chi connectivity index (χ1v) is 5.64. The van der Waals surface area contributed by atoms with Crippen LogP contribution in [0.4, 0.5) is 0 Å². The number of ether oxygens (including phenoxy) is 1. The molecular formula is C12H27NO. The van der Waals surface area contributed by atoms with Gasteiger partial charge in [-0.15, -0.1) is 0 Å². The molecule has 0 aromatic carbocycles. The Morgan fingerprint density at radius 3 is 2.21 bits per heavy atom. The normalized spacial score (nSPS) is 16.7. The molecule has 0 radical (unpaired) electrons. The first kappa shape index (κ1) is 13.9. The monoisotopic (exact) mass is 201 g/mol. The lowest BCUT2D eigenvalue weighted by atomic mass is 9.91. The Morgan fingerprint density at radius 1 is 1.29 bits per heavy atom. The van der Waals surface area contributed by atoms with Crippen molar-refractivity contribution in [3.05, 3.63) is 0 Å². The van der Waals surface area contributed by atoms with Crippen molar-refractivity contribution in [3.63, 3.8) is 0 Å².